The molecular weight excluding hydrogens is 340 g/mol. The minimum Gasteiger partial charge on any atom is -0.376 e. The van der Waals surface area contributed by atoms with Crippen LogP contribution in [0, 0.1) is 6.92 Å². The zero-order chi connectivity index (χ0) is 15.5. The van der Waals surface area contributed by atoms with Crippen LogP contribution in [-0.4, -0.2) is 19.0 Å². The van der Waals surface area contributed by atoms with E-state index in [1.807, 2.05) is 48.2 Å². The molecule has 1 heterocycles. The van der Waals surface area contributed by atoms with E-state index in [0.717, 1.165) is 35.2 Å². The molecule has 0 radical (unpaired) electrons. The average molecular weight is 359 g/mol. The standard InChI is InChI=1S/C18H19BrN2O/c1-13-8-9-15(11-16(13)19)20-12-18(22)21-10-4-6-14-5-2-3-7-17(14)21/h2-3,5,7-9,11,20H,4,6,10,12H2,1H3. The van der Waals surface area contributed by atoms with Gasteiger partial charge in [-0.1, -0.05) is 40.2 Å². The van der Waals surface area contributed by atoms with Crippen molar-refractivity contribution in [2.24, 2.45) is 0 Å². The lowest BCUT2D eigenvalue weighted by atomic mass is 10.0. The van der Waals surface area contributed by atoms with Crippen molar-refractivity contribution in [1.82, 2.24) is 0 Å². The first-order valence-corrected chi connectivity index (χ1v) is 8.33. The molecule has 2 aromatic carbocycles. The largest absolute Gasteiger partial charge is 0.376 e. The van der Waals surface area contributed by atoms with E-state index in [2.05, 4.69) is 27.3 Å². The van der Waals surface area contributed by atoms with Gasteiger partial charge in [0.2, 0.25) is 5.91 Å². The molecule has 1 amide bonds. The summed E-state index contributed by atoms with van der Waals surface area (Å²) in [7, 11) is 0. The van der Waals surface area contributed by atoms with E-state index in [1.165, 1.54) is 11.1 Å². The first-order valence-electron chi connectivity index (χ1n) is 7.53. The van der Waals surface area contributed by atoms with Gasteiger partial charge in [-0.3, -0.25) is 4.79 Å². The van der Waals surface area contributed by atoms with Crippen molar-refractivity contribution in [3.05, 3.63) is 58.1 Å². The second kappa shape index (κ2) is 6.53. The van der Waals surface area contributed by atoms with Gasteiger partial charge in [0.05, 0.1) is 6.54 Å². The van der Waals surface area contributed by atoms with Crippen molar-refractivity contribution in [3.63, 3.8) is 0 Å². The number of fused-ring (bicyclic) bond motifs is 1. The molecular formula is C18H19BrN2O. The Morgan fingerprint density at radius 1 is 1.27 bits per heavy atom. The SMILES string of the molecule is Cc1ccc(NCC(=O)N2CCCc3ccccc32)cc1Br. The van der Waals surface area contributed by atoms with Gasteiger partial charge in [0.15, 0.2) is 0 Å². The van der Waals surface area contributed by atoms with Gasteiger partial charge in [0.1, 0.15) is 0 Å². The lowest BCUT2D eigenvalue weighted by molar-refractivity contribution is -0.117. The average Bonchev–Trinajstić information content (AvgIpc) is 2.55. The third-order valence-electron chi connectivity index (χ3n) is 4.03. The lowest BCUT2D eigenvalue weighted by Crippen LogP contribution is -2.39. The quantitative estimate of drug-likeness (QED) is 0.893. The first kappa shape index (κ1) is 15.1. The molecule has 0 saturated carbocycles. The highest BCUT2D eigenvalue weighted by Gasteiger charge is 2.21. The summed E-state index contributed by atoms with van der Waals surface area (Å²) >= 11 is 3.52. The van der Waals surface area contributed by atoms with Gasteiger partial charge in [-0.25, -0.2) is 0 Å². The predicted molar refractivity (Wildman–Crippen MR) is 94.5 cm³/mol. The Balaban J connectivity index is 1.69. The van der Waals surface area contributed by atoms with Crippen LogP contribution < -0.4 is 10.2 Å². The van der Waals surface area contributed by atoms with Crippen LogP contribution in [0.2, 0.25) is 0 Å². The lowest BCUT2D eigenvalue weighted by Gasteiger charge is -2.29. The van der Waals surface area contributed by atoms with Gasteiger partial charge >= 0.3 is 0 Å². The van der Waals surface area contributed by atoms with Crippen molar-refractivity contribution in [1.29, 1.82) is 0 Å². The van der Waals surface area contributed by atoms with Gasteiger partial charge in [0.25, 0.3) is 0 Å². The maximum absolute atomic E-state index is 12.5. The van der Waals surface area contributed by atoms with E-state index in [1.54, 1.807) is 0 Å². The minimum atomic E-state index is 0.115. The zero-order valence-electron chi connectivity index (χ0n) is 12.6. The van der Waals surface area contributed by atoms with E-state index >= 15 is 0 Å². The molecule has 0 atom stereocenters. The maximum atomic E-state index is 12.5. The van der Waals surface area contributed by atoms with Crippen molar-refractivity contribution >= 4 is 33.2 Å². The molecule has 0 spiro atoms. The molecule has 114 valence electrons. The van der Waals surface area contributed by atoms with Gasteiger partial charge in [0, 0.05) is 22.4 Å². The fourth-order valence-electron chi connectivity index (χ4n) is 2.77. The molecule has 1 aliphatic rings. The minimum absolute atomic E-state index is 0.115. The van der Waals surface area contributed by atoms with E-state index in [-0.39, 0.29) is 5.91 Å². The number of benzene rings is 2. The van der Waals surface area contributed by atoms with Crippen LogP contribution in [0.5, 0.6) is 0 Å². The smallest absolute Gasteiger partial charge is 0.246 e. The van der Waals surface area contributed by atoms with Crippen LogP contribution in [0.25, 0.3) is 0 Å². The molecule has 3 nitrogen and oxygen atoms in total. The number of rotatable bonds is 3. The second-order valence-electron chi connectivity index (χ2n) is 5.60. The Kier molecular flexibility index (Phi) is 4.48. The van der Waals surface area contributed by atoms with Crippen LogP contribution in [0.1, 0.15) is 17.5 Å². The highest BCUT2D eigenvalue weighted by molar-refractivity contribution is 9.10. The van der Waals surface area contributed by atoms with Crippen LogP contribution in [0.4, 0.5) is 11.4 Å². The van der Waals surface area contributed by atoms with Crippen LogP contribution in [0.3, 0.4) is 0 Å². The predicted octanol–water partition coefficient (Wildman–Crippen LogP) is 4.15. The van der Waals surface area contributed by atoms with Gasteiger partial charge < -0.3 is 10.2 Å². The molecule has 22 heavy (non-hydrogen) atoms. The molecule has 0 saturated heterocycles. The topological polar surface area (TPSA) is 32.3 Å². The Hall–Kier alpha value is -1.81. The molecule has 0 bridgehead atoms. The number of para-hydroxylation sites is 1. The number of hydrogen-bond acceptors (Lipinski definition) is 2. The molecule has 1 aliphatic heterocycles. The molecule has 1 N–H and O–H groups in total. The van der Waals surface area contributed by atoms with Gasteiger partial charge in [-0.05, 0) is 49.1 Å². The number of nitrogens with one attached hydrogen (secondary N) is 1. The summed E-state index contributed by atoms with van der Waals surface area (Å²) in [5.74, 6) is 0.115. The Morgan fingerprint density at radius 2 is 2.09 bits per heavy atom. The third-order valence-corrected chi connectivity index (χ3v) is 4.88. The number of hydrogen-bond donors (Lipinski definition) is 1. The van der Waals surface area contributed by atoms with Crippen molar-refractivity contribution < 1.29 is 4.79 Å². The van der Waals surface area contributed by atoms with E-state index < -0.39 is 0 Å². The highest BCUT2D eigenvalue weighted by atomic mass is 79.9. The molecule has 4 heteroatoms. The van der Waals surface area contributed by atoms with Crippen LogP contribution in [0.15, 0.2) is 46.9 Å². The van der Waals surface area contributed by atoms with Crippen LogP contribution in [-0.2, 0) is 11.2 Å². The summed E-state index contributed by atoms with van der Waals surface area (Å²) in [4.78, 5) is 14.4. The van der Waals surface area contributed by atoms with E-state index in [9.17, 15) is 4.79 Å². The number of carbonyl (C=O) groups is 1. The van der Waals surface area contributed by atoms with Crippen molar-refractivity contribution in [2.45, 2.75) is 19.8 Å². The number of anilines is 2. The summed E-state index contributed by atoms with van der Waals surface area (Å²) in [6.07, 6.45) is 2.08. The number of nitrogens with zero attached hydrogens (tertiary/aromatic N) is 1. The van der Waals surface area contributed by atoms with Gasteiger partial charge in [-0.2, -0.15) is 0 Å². The summed E-state index contributed by atoms with van der Waals surface area (Å²) in [6, 6.07) is 14.2. The van der Waals surface area contributed by atoms with Crippen molar-refractivity contribution in [3.8, 4) is 0 Å². The molecule has 0 aliphatic carbocycles. The van der Waals surface area contributed by atoms with E-state index in [0.29, 0.717) is 6.54 Å². The molecule has 0 aromatic heterocycles. The summed E-state index contributed by atoms with van der Waals surface area (Å²) < 4.78 is 1.05. The number of carbonyl (C=O) groups excluding carboxylic acids is 1. The fraction of sp³-hybridized carbons (Fsp3) is 0.278. The Morgan fingerprint density at radius 3 is 2.91 bits per heavy atom. The van der Waals surface area contributed by atoms with Gasteiger partial charge in [-0.15, -0.1) is 0 Å². The van der Waals surface area contributed by atoms with E-state index in [4.69, 9.17) is 0 Å². The normalized spacial score (nSPS) is 13.6. The monoisotopic (exact) mass is 358 g/mol. The Labute approximate surface area is 139 Å². The highest BCUT2D eigenvalue weighted by Crippen LogP contribution is 2.27. The number of halogens is 1. The zero-order valence-corrected chi connectivity index (χ0v) is 14.2. The first-order chi connectivity index (χ1) is 10.6. The Bertz CT molecular complexity index is 699. The molecule has 3 rings (SSSR count). The molecule has 0 fully saturated rings. The second-order valence-corrected chi connectivity index (χ2v) is 6.45. The van der Waals surface area contributed by atoms with Crippen molar-refractivity contribution in [2.75, 3.05) is 23.3 Å². The molecule has 2 aromatic rings. The maximum Gasteiger partial charge on any atom is 0.246 e. The summed E-state index contributed by atoms with van der Waals surface area (Å²) in [5, 5.41) is 3.22. The van der Waals surface area contributed by atoms with Crippen LogP contribution >= 0.6 is 15.9 Å². The summed E-state index contributed by atoms with van der Waals surface area (Å²) in [5.41, 5.74) is 4.46. The molecule has 0 unspecified atom stereocenters. The fourth-order valence-corrected chi connectivity index (χ4v) is 3.15. The summed E-state index contributed by atoms with van der Waals surface area (Å²) in [6.45, 7) is 3.16. The third kappa shape index (κ3) is 3.17. The number of amides is 1. The number of aryl methyl sites for hydroxylation is 2.